The Balaban J connectivity index is 1.85. The van der Waals surface area contributed by atoms with Gasteiger partial charge in [-0.1, -0.05) is 19.1 Å². The van der Waals surface area contributed by atoms with E-state index in [1.165, 1.54) is 48.7 Å². The van der Waals surface area contributed by atoms with E-state index in [1.54, 1.807) is 0 Å². The van der Waals surface area contributed by atoms with Crippen molar-refractivity contribution >= 4 is 10.9 Å². The van der Waals surface area contributed by atoms with Crippen molar-refractivity contribution in [2.24, 2.45) is 0 Å². The SMILES string of the molecule is CCCn1ccc2ccc(C[C@@H]3CCCN3C)cc21. The summed E-state index contributed by atoms with van der Waals surface area (Å²) in [7, 11) is 2.26. The smallest absolute Gasteiger partial charge is 0.0483 e. The van der Waals surface area contributed by atoms with Crippen LogP contribution in [0.2, 0.25) is 0 Å². The predicted octanol–water partition coefficient (Wildman–Crippen LogP) is 3.69. The van der Waals surface area contributed by atoms with Crippen molar-refractivity contribution < 1.29 is 0 Å². The molecule has 19 heavy (non-hydrogen) atoms. The van der Waals surface area contributed by atoms with E-state index >= 15 is 0 Å². The largest absolute Gasteiger partial charge is 0.347 e. The van der Waals surface area contributed by atoms with E-state index < -0.39 is 0 Å². The van der Waals surface area contributed by atoms with Gasteiger partial charge in [0.2, 0.25) is 0 Å². The maximum atomic E-state index is 2.51. The quantitative estimate of drug-likeness (QED) is 0.810. The maximum Gasteiger partial charge on any atom is 0.0483 e. The fourth-order valence-corrected chi connectivity index (χ4v) is 3.30. The van der Waals surface area contributed by atoms with E-state index in [0.717, 1.165) is 12.6 Å². The normalized spacial score (nSPS) is 20.4. The Labute approximate surface area is 116 Å². The molecule has 0 aliphatic carbocycles. The first-order valence-electron chi connectivity index (χ1n) is 7.56. The Hall–Kier alpha value is -1.28. The van der Waals surface area contributed by atoms with Crippen LogP contribution in [0.3, 0.4) is 0 Å². The minimum Gasteiger partial charge on any atom is -0.347 e. The number of rotatable bonds is 4. The molecule has 0 amide bonds. The van der Waals surface area contributed by atoms with E-state index in [2.05, 4.69) is 53.9 Å². The summed E-state index contributed by atoms with van der Waals surface area (Å²) in [6, 6.07) is 9.97. The summed E-state index contributed by atoms with van der Waals surface area (Å²) in [5.41, 5.74) is 2.89. The lowest BCUT2D eigenvalue weighted by atomic mass is 10.0. The molecule has 2 aromatic rings. The van der Waals surface area contributed by atoms with Crippen LogP contribution in [-0.4, -0.2) is 29.1 Å². The molecule has 0 bridgehead atoms. The number of hydrogen-bond donors (Lipinski definition) is 0. The highest BCUT2D eigenvalue weighted by atomic mass is 15.1. The Kier molecular flexibility index (Phi) is 3.61. The van der Waals surface area contributed by atoms with Gasteiger partial charge in [0.05, 0.1) is 0 Å². The van der Waals surface area contributed by atoms with Crippen molar-refractivity contribution in [3.05, 3.63) is 36.0 Å². The Morgan fingerprint density at radius 1 is 1.26 bits per heavy atom. The molecule has 0 saturated carbocycles. The number of likely N-dealkylation sites (tertiary alicyclic amines) is 1. The van der Waals surface area contributed by atoms with Crippen LogP contribution in [0.5, 0.6) is 0 Å². The molecule has 1 aromatic heterocycles. The van der Waals surface area contributed by atoms with E-state index in [4.69, 9.17) is 0 Å². The van der Waals surface area contributed by atoms with Crippen LogP contribution in [0.15, 0.2) is 30.5 Å². The number of benzene rings is 1. The van der Waals surface area contributed by atoms with Gasteiger partial charge in [-0.2, -0.15) is 0 Å². The number of nitrogens with zero attached hydrogens (tertiary/aromatic N) is 2. The molecule has 0 spiro atoms. The van der Waals surface area contributed by atoms with Crippen LogP contribution in [0, 0.1) is 0 Å². The third kappa shape index (κ3) is 2.55. The van der Waals surface area contributed by atoms with E-state index in [1.807, 2.05) is 0 Å². The molecule has 2 heterocycles. The second kappa shape index (κ2) is 5.38. The average Bonchev–Trinajstić information content (AvgIpc) is 2.98. The van der Waals surface area contributed by atoms with Crippen molar-refractivity contribution in [3.63, 3.8) is 0 Å². The molecule has 1 aromatic carbocycles. The summed E-state index contributed by atoms with van der Waals surface area (Å²) in [5.74, 6) is 0. The van der Waals surface area contributed by atoms with Crippen molar-refractivity contribution in [3.8, 4) is 0 Å². The highest BCUT2D eigenvalue weighted by molar-refractivity contribution is 5.80. The molecule has 1 aliphatic rings. The Morgan fingerprint density at radius 2 is 2.16 bits per heavy atom. The minimum absolute atomic E-state index is 0.743. The van der Waals surface area contributed by atoms with Crippen LogP contribution in [0.1, 0.15) is 31.7 Å². The summed E-state index contributed by atoms with van der Waals surface area (Å²) in [5, 5.41) is 1.37. The maximum absolute atomic E-state index is 2.51. The van der Waals surface area contributed by atoms with E-state index in [-0.39, 0.29) is 0 Å². The predicted molar refractivity (Wildman–Crippen MR) is 81.6 cm³/mol. The van der Waals surface area contributed by atoms with E-state index in [9.17, 15) is 0 Å². The molecule has 3 rings (SSSR count). The zero-order valence-corrected chi connectivity index (χ0v) is 12.1. The molecule has 0 N–H and O–H groups in total. The van der Waals surface area contributed by atoms with Gasteiger partial charge in [0.1, 0.15) is 0 Å². The van der Waals surface area contributed by atoms with Gasteiger partial charge >= 0.3 is 0 Å². The molecule has 0 unspecified atom stereocenters. The van der Waals surface area contributed by atoms with Gasteiger partial charge in [0.15, 0.2) is 0 Å². The summed E-state index contributed by atoms with van der Waals surface area (Å²) in [6.45, 7) is 4.62. The molecule has 2 heteroatoms. The first kappa shape index (κ1) is 12.7. The van der Waals surface area contributed by atoms with Crippen molar-refractivity contribution in [1.82, 2.24) is 9.47 Å². The topological polar surface area (TPSA) is 8.17 Å². The Bertz CT molecular complexity index is 555. The molecule has 0 radical (unpaired) electrons. The highest BCUT2D eigenvalue weighted by Gasteiger charge is 2.20. The van der Waals surface area contributed by atoms with Gasteiger partial charge in [-0.15, -0.1) is 0 Å². The first-order chi connectivity index (χ1) is 9.28. The van der Waals surface area contributed by atoms with Gasteiger partial charge in [-0.3, -0.25) is 0 Å². The zero-order valence-electron chi connectivity index (χ0n) is 12.1. The third-order valence-corrected chi connectivity index (χ3v) is 4.45. The third-order valence-electron chi connectivity index (χ3n) is 4.45. The van der Waals surface area contributed by atoms with Crippen molar-refractivity contribution in [2.75, 3.05) is 13.6 Å². The van der Waals surface area contributed by atoms with Crippen LogP contribution in [-0.2, 0) is 13.0 Å². The van der Waals surface area contributed by atoms with Gasteiger partial charge in [-0.25, -0.2) is 0 Å². The lowest BCUT2D eigenvalue weighted by molar-refractivity contribution is 0.309. The lowest BCUT2D eigenvalue weighted by Gasteiger charge is -2.19. The molecular weight excluding hydrogens is 232 g/mol. The van der Waals surface area contributed by atoms with Crippen LogP contribution >= 0.6 is 0 Å². The summed E-state index contributed by atoms with van der Waals surface area (Å²) < 4.78 is 2.39. The summed E-state index contributed by atoms with van der Waals surface area (Å²) >= 11 is 0. The standard InChI is InChI=1S/C17H24N2/c1-3-9-19-11-8-15-7-6-14(13-17(15)19)12-16-5-4-10-18(16)2/h6-8,11,13,16H,3-5,9-10,12H2,1-2H3/t16-/m0/s1. The number of aromatic nitrogens is 1. The Morgan fingerprint density at radius 3 is 2.89 bits per heavy atom. The molecule has 1 saturated heterocycles. The monoisotopic (exact) mass is 256 g/mol. The van der Waals surface area contributed by atoms with Gasteiger partial charge in [-0.05, 0) is 62.4 Å². The highest BCUT2D eigenvalue weighted by Crippen LogP contribution is 2.23. The number of hydrogen-bond acceptors (Lipinski definition) is 1. The molecule has 1 fully saturated rings. The fraction of sp³-hybridized carbons (Fsp3) is 0.529. The lowest BCUT2D eigenvalue weighted by Crippen LogP contribution is -2.26. The van der Waals surface area contributed by atoms with E-state index in [0.29, 0.717) is 0 Å². The first-order valence-corrected chi connectivity index (χ1v) is 7.56. The van der Waals surface area contributed by atoms with Crippen molar-refractivity contribution in [2.45, 2.75) is 45.2 Å². The zero-order chi connectivity index (χ0) is 13.2. The molecule has 1 atom stereocenters. The summed E-state index contributed by atoms with van der Waals surface area (Å²) in [6.07, 6.45) is 7.32. The van der Waals surface area contributed by atoms with Crippen LogP contribution in [0.4, 0.5) is 0 Å². The van der Waals surface area contributed by atoms with Gasteiger partial charge < -0.3 is 9.47 Å². The van der Waals surface area contributed by atoms with Crippen LogP contribution in [0.25, 0.3) is 10.9 Å². The van der Waals surface area contributed by atoms with Crippen LogP contribution < -0.4 is 0 Å². The average molecular weight is 256 g/mol. The molecule has 1 aliphatic heterocycles. The molecule has 2 nitrogen and oxygen atoms in total. The minimum atomic E-state index is 0.743. The van der Waals surface area contributed by atoms with Crippen molar-refractivity contribution in [1.29, 1.82) is 0 Å². The van der Waals surface area contributed by atoms with Gasteiger partial charge in [0, 0.05) is 24.3 Å². The van der Waals surface area contributed by atoms with Gasteiger partial charge in [0.25, 0.3) is 0 Å². The number of fused-ring (bicyclic) bond motifs is 1. The fourth-order valence-electron chi connectivity index (χ4n) is 3.30. The second-order valence-corrected chi connectivity index (χ2v) is 5.88. The summed E-state index contributed by atoms with van der Waals surface area (Å²) in [4.78, 5) is 2.51. The molecular formula is C17H24N2. The second-order valence-electron chi connectivity index (χ2n) is 5.88. The number of likely N-dealkylation sites (N-methyl/N-ethyl adjacent to an activating group) is 1. The molecule has 102 valence electrons. The number of aryl methyl sites for hydroxylation is 1.